The van der Waals surface area contributed by atoms with Crippen molar-refractivity contribution in [1.82, 2.24) is 8.75 Å². The van der Waals surface area contributed by atoms with Crippen LogP contribution in [0.15, 0.2) is 65.6 Å². The van der Waals surface area contributed by atoms with Crippen LogP contribution in [0.3, 0.4) is 0 Å². The standard InChI is InChI=1S/C19H12Cl2N4O3S2/c20-11-8-9-13(21)16(10-11)22-19(26)12-4-1-2-5-14(12)25-30(27,28)17-7-3-6-15-18(17)24-29-23-15/h1-10,25H,(H,22,26). The number of hydrogen-bond donors (Lipinski definition) is 2. The summed E-state index contributed by atoms with van der Waals surface area (Å²) in [6.45, 7) is 0. The van der Waals surface area contributed by atoms with Crippen molar-refractivity contribution < 1.29 is 13.2 Å². The lowest BCUT2D eigenvalue weighted by Crippen LogP contribution is -2.19. The number of sulfonamides is 1. The zero-order chi connectivity index (χ0) is 21.3. The third-order valence-electron chi connectivity index (χ3n) is 4.13. The zero-order valence-electron chi connectivity index (χ0n) is 15.0. The summed E-state index contributed by atoms with van der Waals surface area (Å²) in [6.07, 6.45) is 0. The average molecular weight is 479 g/mol. The molecule has 4 rings (SSSR count). The molecular weight excluding hydrogens is 467 g/mol. The van der Waals surface area contributed by atoms with Crippen LogP contribution in [0.2, 0.25) is 10.0 Å². The lowest BCUT2D eigenvalue weighted by atomic mass is 10.1. The highest BCUT2D eigenvalue weighted by Crippen LogP contribution is 2.28. The number of amides is 1. The van der Waals surface area contributed by atoms with Gasteiger partial charge in [-0.2, -0.15) is 8.75 Å². The van der Waals surface area contributed by atoms with E-state index in [0.29, 0.717) is 21.2 Å². The summed E-state index contributed by atoms with van der Waals surface area (Å²) in [5.74, 6) is -0.550. The highest BCUT2D eigenvalue weighted by molar-refractivity contribution is 7.93. The van der Waals surface area contributed by atoms with Crippen LogP contribution in [0.1, 0.15) is 10.4 Å². The highest BCUT2D eigenvalue weighted by Gasteiger charge is 2.22. The Morgan fingerprint density at radius 1 is 0.933 bits per heavy atom. The van der Waals surface area contributed by atoms with Gasteiger partial charge in [0.1, 0.15) is 15.9 Å². The van der Waals surface area contributed by atoms with E-state index in [4.69, 9.17) is 23.2 Å². The molecule has 0 spiro atoms. The number of hydrogen-bond acceptors (Lipinski definition) is 6. The molecule has 0 atom stereocenters. The van der Waals surface area contributed by atoms with E-state index < -0.39 is 15.9 Å². The normalized spacial score (nSPS) is 11.4. The van der Waals surface area contributed by atoms with Gasteiger partial charge in [0.05, 0.1) is 33.7 Å². The van der Waals surface area contributed by atoms with Crippen molar-refractivity contribution in [3.8, 4) is 0 Å². The minimum Gasteiger partial charge on any atom is -0.321 e. The molecule has 0 bridgehead atoms. The smallest absolute Gasteiger partial charge is 0.264 e. The Bertz CT molecular complexity index is 1370. The van der Waals surface area contributed by atoms with Crippen LogP contribution < -0.4 is 10.0 Å². The Hall–Kier alpha value is -2.72. The summed E-state index contributed by atoms with van der Waals surface area (Å²) < 4.78 is 36.6. The molecule has 0 unspecified atom stereocenters. The van der Waals surface area contributed by atoms with Crippen LogP contribution in [-0.4, -0.2) is 23.1 Å². The van der Waals surface area contributed by atoms with Gasteiger partial charge in [0, 0.05) is 5.02 Å². The first-order chi connectivity index (χ1) is 14.3. The molecule has 0 aliphatic heterocycles. The number of carbonyl (C=O) groups is 1. The number of rotatable bonds is 5. The second kappa shape index (κ2) is 8.19. The second-order valence-corrected chi connectivity index (χ2v) is 9.14. The molecule has 1 aromatic heterocycles. The number of halogens is 2. The molecule has 3 aromatic carbocycles. The van der Waals surface area contributed by atoms with Crippen molar-refractivity contribution in [3.05, 3.63) is 76.3 Å². The predicted molar refractivity (Wildman–Crippen MR) is 119 cm³/mol. The van der Waals surface area contributed by atoms with Gasteiger partial charge in [0.25, 0.3) is 15.9 Å². The molecule has 0 fully saturated rings. The van der Waals surface area contributed by atoms with Crippen LogP contribution in [0.4, 0.5) is 11.4 Å². The lowest BCUT2D eigenvalue weighted by Gasteiger charge is -2.13. The summed E-state index contributed by atoms with van der Waals surface area (Å²) in [4.78, 5) is 12.8. The summed E-state index contributed by atoms with van der Waals surface area (Å²) in [6, 6.07) is 15.6. The van der Waals surface area contributed by atoms with Crippen molar-refractivity contribution in [3.63, 3.8) is 0 Å². The molecule has 2 N–H and O–H groups in total. The Morgan fingerprint density at radius 2 is 1.73 bits per heavy atom. The van der Waals surface area contributed by atoms with Crippen LogP contribution >= 0.6 is 34.9 Å². The molecule has 1 heterocycles. The molecule has 4 aromatic rings. The molecule has 0 saturated carbocycles. The van der Waals surface area contributed by atoms with Crippen molar-refractivity contribution in [2.75, 3.05) is 10.0 Å². The Balaban J connectivity index is 1.67. The summed E-state index contributed by atoms with van der Waals surface area (Å²) in [7, 11) is -4.03. The van der Waals surface area contributed by atoms with Gasteiger partial charge in [-0.25, -0.2) is 8.42 Å². The van der Waals surface area contributed by atoms with Crippen LogP contribution in [0.25, 0.3) is 11.0 Å². The van der Waals surface area contributed by atoms with Gasteiger partial charge in [-0.1, -0.05) is 41.4 Å². The number of benzene rings is 3. The van der Waals surface area contributed by atoms with Crippen LogP contribution in [-0.2, 0) is 10.0 Å². The summed E-state index contributed by atoms with van der Waals surface area (Å²) in [5, 5.41) is 3.34. The molecule has 11 heteroatoms. The number of fused-ring (bicyclic) bond motifs is 1. The maximum Gasteiger partial charge on any atom is 0.264 e. The minimum absolute atomic E-state index is 0.0261. The summed E-state index contributed by atoms with van der Waals surface area (Å²) in [5.41, 5.74) is 1.27. The molecule has 0 aliphatic rings. The van der Waals surface area contributed by atoms with Crippen molar-refractivity contribution in [1.29, 1.82) is 0 Å². The molecule has 30 heavy (non-hydrogen) atoms. The number of nitrogens with one attached hydrogen (secondary N) is 2. The van der Waals surface area contributed by atoms with E-state index in [-0.39, 0.29) is 21.7 Å². The van der Waals surface area contributed by atoms with Gasteiger partial charge >= 0.3 is 0 Å². The first kappa shape index (κ1) is 20.5. The largest absolute Gasteiger partial charge is 0.321 e. The zero-order valence-corrected chi connectivity index (χ0v) is 18.1. The van der Waals surface area contributed by atoms with E-state index in [0.717, 1.165) is 11.7 Å². The molecule has 0 aliphatic carbocycles. The van der Waals surface area contributed by atoms with E-state index in [1.807, 2.05) is 0 Å². The molecule has 7 nitrogen and oxygen atoms in total. The lowest BCUT2D eigenvalue weighted by molar-refractivity contribution is 0.102. The van der Waals surface area contributed by atoms with Gasteiger partial charge in [0.15, 0.2) is 0 Å². The number of aromatic nitrogens is 2. The van der Waals surface area contributed by atoms with Crippen molar-refractivity contribution in [2.45, 2.75) is 4.90 Å². The third-order valence-corrected chi connectivity index (χ3v) is 6.64. The van der Waals surface area contributed by atoms with Gasteiger partial charge in [-0.3, -0.25) is 9.52 Å². The fraction of sp³-hybridized carbons (Fsp3) is 0. The van der Waals surface area contributed by atoms with Crippen LogP contribution in [0.5, 0.6) is 0 Å². The predicted octanol–water partition coefficient (Wildman–Crippen LogP) is 5.05. The maximum atomic E-state index is 13.0. The Kier molecular flexibility index (Phi) is 5.61. The molecule has 0 saturated heterocycles. The van der Waals surface area contributed by atoms with E-state index in [2.05, 4.69) is 18.8 Å². The number of anilines is 2. The van der Waals surface area contributed by atoms with E-state index in [1.165, 1.54) is 24.3 Å². The van der Waals surface area contributed by atoms with Gasteiger partial charge < -0.3 is 5.32 Å². The number of carbonyl (C=O) groups excluding carboxylic acids is 1. The first-order valence-corrected chi connectivity index (χ1v) is 11.4. The number of nitrogens with zero attached hydrogens (tertiary/aromatic N) is 2. The molecule has 1 amide bonds. The average Bonchev–Trinajstić information content (AvgIpc) is 3.19. The van der Waals surface area contributed by atoms with Gasteiger partial charge in [-0.15, -0.1) is 0 Å². The van der Waals surface area contributed by atoms with Gasteiger partial charge in [-0.05, 0) is 42.5 Å². The summed E-state index contributed by atoms with van der Waals surface area (Å²) >= 11 is 13.0. The quantitative estimate of drug-likeness (QED) is 0.417. The topological polar surface area (TPSA) is 101 Å². The van der Waals surface area contributed by atoms with Gasteiger partial charge in [0.2, 0.25) is 0 Å². The molecule has 0 radical (unpaired) electrons. The molecule has 152 valence electrons. The second-order valence-electron chi connectivity index (χ2n) is 6.12. The minimum atomic E-state index is -4.03. The monoisotopic (exact) mass is 478 g/mol. The molecular formula is C19H12Cl2N4O3S2. The van der Waals surface area contributed by atoms with Crippen LogP contribution in [0, 0.1) is 0 Å². The van der Waals surface area contributed by atoms with E-state index in [1.54, 1.807) is 36.4 Å². The maximum absolute atomic E-state index is 13.0. The fourth-order valence-electron chi connectivity index (χ4n) is 2.75. The first-order valence-electron chi connectivity index (χ1n) is 8.45. The van der Waals surface area contributed by atoms with Crippen molar-refractivity contribution in [2.24, 2.45) is 0 Å². The van der Waals surface area contributed by atoms with Crippen molar-refractivity contribution >= 4 is 73.3 Å². The Morgan fingerprint density at radius 3 is 2.57 bits per heavy atom. The highest BCUT2D eigenvalue weighted by atomic mass is 35.5. The van der Waals surface area contributed by atoms with E-state index >= 15 is 0 Å². The van der Waals surface area contributed by atoms with E-state index in [9.17, 15) is 13.2 Å². The fourth-order valence-corrected chi connectivity index (χ4v) is 4.94. The third kappa shape index (κ3) is 4.10. The Labute approximate surface area is 186 Å². The SMILES string of the molecule is O=C(Nc1cc(Cl)ccc1Cl)c1ccccc1NS(=O)(=O)c1cccc2nsnc12. The number of para-hydroxylation sites is 1.